The number of aliphatic hydroxyl groups excluding tert-OH is 4. The largest absolute Gasteiger partial charge is 0.467 e. The Kier molecular flexibility index (Phi) is 13.8. The third-order valence-corrected chi connectivity index (χ3v) is 8.04. The highest BCUT2D eigenvalue weighted by molar-refractivity contribution is 5.05. The van der Waals surface area contributed by atoms with Gasteiger partial charge in [0.1, 0.15) is 35.8 Å². The molecule has 0 radical (unpaired) electrons. The van der Waals surface area contributed by atoms with Crippen LogP contribution in [0.4, 0.5) is 0 Å². The van der Waals surface area contributed by atoms with Gasteiger partial charge < -0.3 is 83.4 Å². The van der Waals surface area contributed by atoms with Crippen LogP contribution in [-0.4, -0.2) is 151 Å². The van der Waals surface area contributed by atoms with Gasteiger partial charge in [0.15, 0.2) is 6.29 Å². The van der Waals surface area contributed by atoms with Crippen molar-refractivity contribution in [2.45, 2.75) is 105 Å². The van der Waals surface area contributed by atoms with Crippen LogP contribution >= 0.6 is 0 Å². The summed E-state index contributed by atoms with van der Waals surface area (Å²) in [7, 11) is 1.61. The Bertz CT molecular complexity index is 844. The second-order valence-corrected chi connectivity index (χ2v) is 11.7. The molecule has 2 fully saturated rings. The van der Waals surface area contributed by atoms with Gasteiger partial charge in [0.05, 0.1) is 37.4 Å². The van der Waals surface area contributed by atoms with E-state index in [0.29, 0.717) is 38.2 Å². The van der Waals surface area contributed by atoms with E-state index in [9.17, 15) is 25.5 Å². The molecule has 0 aromatic rings. The second-order valence-electron chi connectivity index (χ2n) is 11.7. The topological polar surface area (TPSA) is 278 Å². The summed E-state index contributed by atoms with van der Waals surface area (Å²) in [5, 5.41) is 62.2. The van der Waals surface area contributed by atoms with Gasteiger partial charge in [0.2, 0.25) is 6.29 Å². The fourth-order valence-corrected chi connectivity index (χ4v) is 5.60. The molecule has 0 bridgehead atoms. The molecule has 0 amide bonds. The van der Waals surface area contributed by atoms with Crippen LogP contribution in [0.25, 0.3) is 0 Å². The molecule has 3 rings (SSSR count). The maximum Gasteiger partial charge on any atom is 0.215 e. The average Bonchev–Trinajstić information content (AvgIpc) is 2.94. The molecule has 2 heterocycles. The third kappa shape index (κ3) is 9.23. The minimum absolute atomic E-state index is 0.0303. The number of nitrogens with one attached hydrogen (secondary N) is 3. The number of hydrogen-bond donors (Lipinski definition) is 12. The Labute approximate surface area is 247 Å². The normalized spacial score (nSPS) is 40.7. The van der Waals surface area contributed by atoms with E-state index in [-0.39, 0.29) is 26.1 Å². The number of hydrogen-bond acceptors (Lipinski definition) is 16. The monoisotopic (exact) mass is 607 g/mol. The molecule has 13 atom stereocenters. The minimum atomic E-state index is -1.35. The van der Waals surface area contributed by atoms with Crippen LogP contribution in [0.15, 0.2) is 11.8 Å². The zero-order chi connectivity index (χ0) is 31.0. The molecule has 3 unspecified atom stereocenters. The van der Waals surface area contributed by atoms with Gasteiger partial charge in [0.25, 0.3) is 0 Å². The van der Waals surface area contributed by atoms with Crippen LogP contribution in [-0.2, 0) is 18.9 Å². The van der Waals surface area contributed by atoms with E-state index >= 15 is 0 Å². The summed E-state index contributed by atoms with van der Waals surface area (Å²) in [6.07, 6.45) is -5.03. The van der Waals surface area contributed by atoms with Crippen LogP contribution in [0, 0.1) is 0 Å². The highest BCUT2D eigenvalue weighted by Gasteiger charge is 2.51. The fourth-order valence-electron chi connectivity index (χ4n) is 5.60. The number of nitrogens with two attached hydrogens (primary N) is 4. The smallest absolute Gasteiger partial charge is 0.215 e. The SMILES string of the molecule is CN[C@@H]1[C@@H](O)[C@@H](O[C@H]2[C@H](NCC(O)CN)C[C@H](N)C(O[C@H]3OC(CNCC(O)CCN)=CC[C@H]3N)[C@@H]2O)OC[C@]1(C)O. The molecule has 3 aliphatic rings. The van der Waals surface area contributed by atoms with Crippen LogP contribution in [0.3, 0.4) is 0 Å². The van der Waals surface area contributed by atoms with Crippen LogP contribution in [0.5, 0.6) is 0 Å². The van der Waals surface area contributed by atoms with Crippen molar-refractivity contribution in [3.8, 4) is 0 Å². The molecular weight excluding hydrogens is 554 g/mol. The molecule has 0 spiro atoms. The summed E-state index contributed by atoms with van der Waals surface area (Å²) in [4.78, 5) is 0. The molecule has 16 N–H and O–H groups in total. The Morgan fingerprint density at radius 3 is 2.43 bits per heavy atom. The lowest BCUT2D eigenvalue weighted by Gasteiger charge is -2.49. The zero-order valence-corrected chi connectivity index (χ0v) is 24.5. The van der Waals surface area contributed by atoms with Crippen molar-refractivity contribution in [2.75, 3.05) is 46.4 Å². The van der Waals surface area contributed by atoms with Gasteiger partial charge in [-0.05, 0) is 45.9 Å². The standard InChI is InChI=1S/C26H53N7O9/c1-26(38)12-39-25(20(37)23(26)31-2)42-22-18(33-10-14(35)8-28)7-17(30)21(19(22)36)41-24-16(29)4-3-15(40-24)11-32-9-13(34)5-6-27/h3,13-14,16-25,31-38H,4-12,27-30H2,1-2H3/t13?,14?,16-,17+,18-,19+,20-,21?,22+,23-,24-,25-,26+/m1/s1. The second kappa shape index (κ2) is 16.3. The summed E-state index contributed by atoms with van der Waals surface area (Å²) in [6, 6.07) is -2.54. The van der Waals surface area contributed by atoms with Crippen LogP contribution in [0.1, 0.15) is 26.2 Å². The van der Waals surface area contributed by atoms with Gasteiger partial charge in [0, 0.05) is 31.7 Å². The third-order valence-electron chi connectivity index (χ3n) is 8.04. The number of aliphatic hydroxyl groups is 5. The van der Waals surface area contributed by atoms with Crippen LogP contribution < -0.4 is 38.9 Å². The Morgan fingerprint density at radius 1 is 1.05 bits per heavy atom. The van der Waals surface area contributed by atoms with Gasteiger partial charge in [-0.15, -0.1) is 0 Å². The van der Waals surface area contributed by atoms with Crippen molar-refractivity contribution in [1.29, 1.82) is 0 Å². The molecule has 2 aliphatic heterocycles. The predicted octanol–water partition coefficient (Wildman–Crippen LogP) is -5.56. The lowest BCUT2D eigenvalue weighted by Crippen LogP contribution is -2.69. The first-order valence-electron chi connectivity index (χ1n) is 14.7. The van der Waals surface area contributed by atoms with Crippen molar-refractivity contribution in [3.05, 3.63) is 11.8 Å². The lowest BCUT2D eigenvalue weighted by molar-refractivity contribution is -0.304. The van der Waals surface area contributed by atoms with Crippen molar-refractivity contribution in [1.82, 2.24) is 16.0 Å². The molecule has 16 nitrogen and oxygen atoms in total. The highest BCUT2D eigenvalue weighted by atomic mass is 16.7. The summed E-state index contributed by atoms with van der Waals surface area (Å²) in [5.41, 5.74) is 22.5. The fraction of sp³-hybridized carbons (Fsp3) is 0.923. The number of ether oxygens (including phenoxy) is 4. The predicted molar refractivity (Wildman–Crippen MR) is 153 cm³/mol. The highest BCUT2D eigenvalue weighted by Crippen LogP contribution is 2.32. The first-order valence-corrected chi connectivity index (χ1v) is 14.7. The van der Waals surface area contributed by atoms with Gasteiger partial charge in [-0.1, -0.05) is 0 Å². The van der Waals surface area contributed by atoms with Crippen molar-refractivity contribution >= 4 is 0 Å². The van der Waals surface area contributed by atoms with E-state index in [0.717, 1.165) is 0 Å². The van der Waals surface area contributed by atoms with E-state index in [1.165, 1.54) is 0 Å². The van der Waals surface area contributed by atoms with Gasteiger partial charge in [-0.3, -0.25) is 0 Å². The van der Waals surface area contributed by atoms with Crippen molar-refractivity contribution in [2.24, 2.45) is 22.9 Å². The molecular formula is C26H53N7O9. The molecule has 42 heavy (non-hydrogen) atoms. The van der Waals surface area contributed by atoms with Crippen LogP contribution in [0.2, 0.25) is 0 Å². The zero-order valence-electron chi connectivity index (χ0n) is 24.5. The van der Waals surface area contributed by atoms with E-state index in [4.69, 9.17) is 41.9 Å². The summed E-state index contributed by atoms with van der Waals surface area (Å²) < 4.78 is 24.0. The number of likely N-dealkylation sites (N-methyl/N-ethyl adjacent to an activating group) is 1. The quantitative estimate of drug-likeness (QED) is 0.0826. The average molecular weight is 608 g/mol. The van der Waals surface area contributed by atoms with E-state index in [1.54, 1.807) is 14.0 Å². The lowest BCUT2D eigenvalue weighted by atomic mass is 9.83. The van der Waals surface area contributed by atoms with Crippen molar-refractivity contribution in [3.63, 3.8) is 0 Å². The Hall–Kier alpha value is -1.06. The molecule has 246 valence electrons. The molecule has 0 aromatic carbocycles. The molecule has 1 aliphatic carbocycles. The first-order chi connectivity index (χ1) is 19.9. The van der Waals surface area contributed by atoms with E-state index < -0.39 is 79.0 Å². The van der Waals surface area contributed by atoms with Gasteiger partial charge in [-0.2, -0.15) is 0 Å². The van der Waals surface area contributed by atoms with E-state index in [2.05, 4.69) is 16.0 Å². The Morgan fingerprint density at radius 2 is 1.76 bits per heavy atom. The molecule has 1 saturated heterocycles. The maximum atomic E-state index is 11.5. The Balaban J connectivity index is 1.71. The molecule has 1 saturated carbocycles. The van der Waals surface area contributed by atoms with Gasteiger partial charge in [-0.25, -0.2) is 0 Å². The van der Waals surface area contributed by atoms with Gasteiger partial charge >= 0.3 is 0 Å². The first kappa shape index (κ1) is 35.4. The molecule has 0 aromatic heterocycles. The van der Waals surface area contributed by atoms with E-state index in [1.807, 2.05) is 6.08 Å². The molecule has 16 heteroatoms. The summed E-state index contributed by atoms with van der Waals surface area (Å²) >= 11 is 0. The van der Waals surface area contributed by atoms with Crippen molar-refractivity contribution < 1.29 is 44.5 Å². The number of rotatable bonds is 15. The summed E-state index contributed by atoms with van der Waals surface area (Å²) in [5.74, 6) is 0.576. The minimum Gasteiger partial charge on any atom is -0.467 e. The maximum absolute atomic E-state index is 11.5. The summed E-state index contributed by atoms with van der Waals surface area (Å²) in [6.45, 7) is 2.62.